The van der Waals surface area contributed by atoms with E-state index in [0.29, 0.717) is 0 Å². The van der Waals surface area contributed by atoms with Gasteiger partial charge in [0.15, 0.2) is 0 Å². The molecule has 2 aromatic rings. The topological polar surface area (TPSA) is 85.1 Å². The minimum Gasteiger partial charge on any atom is -0.257 e. The number of hydrogen-bond donors (Lipinski definition) is 2. The van der Waals surface area contributed by atoms with Crippen LogP contribution in [-0.2, 0) is 10.0 Å². The van der Waals surface area contributed by atoms with Crippen molar-refractivity contribution in [3.05, 3.63) is 36.5 Å². The van der Waals surface area contributed by atoms with Crippen molar-refractivity contribution in [3.8, 4) is 0 Å². The van der Waals surface area contributed by atoms with Gasteiger partial charge in [0.25, 0.3) is 10.0 Å². The average Bonchev–Trinajstić information content (AvgIpc) is 2.28. The van der Waals surface area contributed by atoms with E-state index in [9.17, 15) is 8.42 Å². The number of rotatable bonds is 2. The van der Waals surface area contributed by atoms with E-state index in [-0.39, 0.29) is 4.90 Å². The van der Waals surface area contributed by atoms with Crippen molar-refractivity contribution in [2.45, 2.75) is 4.90 Å². The predicted molar refractivity (Wildman–Crippen MR) is 56.3 cm³/mol. The molecule has 0 atom stereocenters. The van der Waals surface area contributed by atoms with E-state index in [1.807, 2.05) is 0 Å². The van der Waals surface area contributed by atoms with E-state index in [0.717, 1.165) is 10.9 Å². The molecule has 0 amide bonds. The molecule has 2 rings (SSSR count). The highest BCUT2D eigenvalue weighted by atomic mass is 32.2. The Morgan fingerprint density at radius 3 is 2.80 bits per heavy atom. The van der Waals surface area contributed by atoms with Gasteiger partial charge in [0.05, 0.1) is 10.4 Å². The Morgan fingerprint density at radius 2 is 2.07 bits per heavy atom. The molecule has 5 nitrogen and oxygen atoms in total. The Balaban J connectivity index is 2.67. The van der Waals surface area contributed by atoms with Crippen LogP contribution in [0.5, 0.6) is 0 Å². The fraction of sp³-hybridized carbons (Fsp3) is 0. The fourth-order valence-electron chi connectivity index (χ4n) is 1.29. The molecule has 78 valence electrons. The van der Waals surface area contributed by atoms with Crippen LogP contribution in [0.4, 0.5) is 0 Å². The van der Waals surface area contributed by atoms with E-state index >= 15 is 0 Å². The van der Waals surface area contributed by atoms with Gasteiger partial charge in [-0.3, -0.25) is 10.8 Å². The third-order valence-corrected chi connectivity index (χ3v) is 3.22. The zero-order chi connectivity index (χ0) is 10.9. The summed E-state index contributed by atoms with van der Waals surface area (Å²) in [6.07, 6.45) is 1.65. The lowest BCUT2D eigenvalue weighted by Gasteiger charge is -2.03. The molecule has 0 saturated carbocycles. The molecule has 0 radical (unpaired) electrons. The SMILES string of the molecule is NNS(=O)(=O)c1ccc2ncccc2c1. The van der Waals surface area contributed by atoms with E-state index in [2.05, 4.69) is 4.98 Å². The average molecular weight is 223 g/mol. The van der Waals surface area contributed by atoms with Crippen molar-refractivity contribution < 1.29 is 8.42 Å². The zero-order valence-corrected chi connectivity index (χ0v) is 8.53. The number of hydrazine groups is 1. The highest BCUT2D eigenvalue weighted by Crippen LogP contribution is 2.16. The number of sulfonamides is 1. The molecule has 0 aliphatic heterocycles. The van der Waals surface area contributed by atoms with Gasteiger partial charge >= 0.3 is 0 Å². The second-order valence-electron chi connectivity index (χ2n) is 2.98. The summed E-state index contributed by atoms with van der Waals surface area (Å²) in [4.78, 5) is 5.99. The minimum absolute atomic E-state index is 0.130. The minimum atomic E-state index is -3.59. The van der Waals surface area contributed by atoms with Gasteiger partial charge in [0.1, 0.15) is 0 Å². The quantitative estimate of drug-likeness (QED) is 0.569. The van der Waals surface area contributed by atoms with Crippen molar-refractivity contribution in [3.63, 3.8) is 0 Å². The van der Waals surface area contributed by atoms with E-state index < -0.39 is 10.0 Å². The van der Waals surface area contributed by atoms with Crippen molar-refractivity contribution in [2.24, 2.45) is 5.84 Å². The molecule has 0 unspecified atom stereocenters. The Hall–Kier alpha value is -1.50. The van der Waals surface area contributed by atoms with Gasteiger partial charge in [0, 0.05) is 11.6 Å². The summed E-state index contributed by atoms with van der Waals surface area (Å²) in [6, 6.07) is 8.16. The molecule has 3 N–H and O–H groups in total. The van der Waals surface area contributed by atoms with Crippen LogP contribution in [0, 0.1) is 0 Å². The van der Waals surface area contributed by atoms with E-state index in [4.69, 9.17) is 5.84 Å². The molecule has 6 heteroatoms. The number of nitrogens with two attached hydrogens (primary N) is 1. The predicted octanol–water partition coefficient (Wildman–Crippen LogP) is 0.387. The molecule has 0 spiro atoms. The van der Waals surface area contributed by atoms with Gasteiger partial charge < -0.3 is 0 Å². The summed E-state index contributed by atoms with van der Waals surface area (Å²) >= 11 is 0. The van der Waals surface area contributed by atoms with Crippen LogP contribution in [-0.4, -0.2) is 13.4 Å². The van der Waals surface area contributed by atoms with E-state index in [1.54, 1.807) is 29.2 Å². The molecule has 1 aromatic heterocycles. The van der Waals surface area contributed by atoms with Gasteiger partial charge in [-0.05, 0) is 24.3 Å². The molecule has 0 aliphatic rings. The van der Waals surface area contributed by atoms with Crippen LogP contribution < -0.4 is 10.7 Å². The first-order valence-electron chi connectivity index (χ1n) is 4.21. The highest BCUT2D eigenvalue weighted by Gasteiger charge is 2.11. The number of fused-ring (bicyclic) bond motifs is 1. The molecule has 0 aliphatic carbocycles. The summed E-state index contributed by atoms with van der Waals surface area (Å²) < 4.78 is 22.8. The second-order valence-corrected chi connectivity index (χ2v) is 4.69. The molecule has 0 bridgehead atoms. The summed E-state index contributed by atoms with van der Waals surface area (Å²) in [5.41, 5.74) is 0.744. The van der Waals surface area contributed by atoms with Gasteiger partial charge in [-0.25, -0.2) is 8.42 Å². The van der Waals surface area contributed by atoms with E-state index in [1.165, 1.54) is 12.1 Å². The maximum absolute atomic E-state index is 11.4. The first-order chi connectivity index (χ1) is 7.13. The van der Waals surface area contributed by atoms with Crippen molar-refractivity contribution in [2.75, 3.05) is 0 Å². The Morgan fingerprint density at radius 1 is 1.27 bits per heavy atom. The third-order valence-electron chi connectivity index (χ3n) is 2.04. The van der Waals surface area contributed by atoms with Gasteiger partial charge in [-0.2, -0.15) is 4.83 Å². The first-order valence-corrected chi connectivity index (χ1v) is 5.69. The lowest BCUT2D eigenvalue weighted by molar-refractivity contribution is 0.584. The van der Waals surface area contributed by atoms with Crippen LogP contribution in [0.1, 0.15) is 0 Å². The number of benzene rings is 1. The molecule has 0 saturated heterocycles. The fourth-order valence-corrected chi connectivity index (χ4v) is 1.95. The standard InChI is InChI=1S/C9H9N3O2S/c10-12-15(13,14)8-3-4-9-7(6-8)2-1-5-11-9/h1-6,12H,10H2. The summed E-state index contributed by atoms with van der Waals surface area (Å²) in [5, 5.41) is 0.758. The van der Waals surface area contributed by atoms with Crippen molar-refractivity contribution in [1.82, 2.24) is 9.82 Å². The van der Waals surface area contributed by atoms with Gasteiger partial charge in [-0.1, -0.05) is 6.07 Å². The van der Waals surface area contributed by atoms with Crippen LogP contribution in [0.25, 0.3) is 10.9 Å². The van der Waals surface area contributed by atoms with Crippen molar-refractivity contribution >= 4 is 20.9 Å². The largest absolute Gasteiger partial charge is 0.257 e. The van der Waals surface area contributed by atoms with Gasteiger partial charge in [-0.15, -0.1) is 0 Å². The molecule has 0 fully saturated rings. The van der Waals surface area contributed by atoms with Crippen LogP contribution in [0.3, 0.4) is 0 Å². The monoisotopic (exact) mass is 223 g/mol. The highest BCUT2D eigenvalue weighted by molar-refractivity contribution is 7.89. The van der Waals surface area contributed by atoms with Gasteiger partial charge in [0.2, 0.25) is 0 Å². The number of hydrogen-bond acceptors (Lipinski definition) is 4. The molecule has 15 heavy (non-hydrogen) atoms. The van der Waals surface area contributed by atoms with Crippen molar-refractivity contribution in [1.29, 1.82) is 0 Å². The maximum atomic E-state index is 11.4. The number of nitrogens with zero attached hydrogens (tertiary/aromatic N) is 1. The normalized spacial score (nSPS) is 11.8. The summed E-state index contributed by atoms with van der Waals surface area (Å²) in [6.45, 7) is 0. The van der Waals surface area contributed by atoms with Crippen LogP contribution >= 0.6 is 0 Å². The number of pyridine rings is 1. The number of nitrogens with one attached hydrogen (secondary N) is 1. The summed E-state index contributed by atoms with van der Waals surface area (Å²) in [5.74, 6) is 4.93. The summed E-state index contributed by atoms with van der Waals surface area (Å²) in [7, 11) is -3.59. The number of aromatic nitrogens is 1. The maximum Gasteiger partial charge on any atom is 0.253 e. The Kier molecular flexibility index (Phi) is 2.39. The Bertz CT molecular complexity index is 595. The lowest BCUT2D eigenvalue weighted by atomic mass is 10.2. The molecule has 1 aromatic carbocycles. The Labute approximate surface area is 87.0 Å². The molecule has 1 heterocycles. The van der Waals surface area contributed by atoms with Crippen LogP contribution in [0.2, 0.25) is 0 Å². The second kappa shape index (κ2) is 3.58. The smallest absolute Gasteiger partial charge is 0.253 e. The molecular formula is C9H9N3O2S. The third kappa shape index (κ3) is 1.82. The molecular weight excluding hydrogens is 214 g/mol. The zero-order valence-electron chi connectivity index (χ0n) is 7.71. The lowest BCUT2D eigenvalue weighted by Crippen LogP contribution is -2.30. The van der Waals surface area contributed by atoms with Crippen LogP contribution in [0.15, 0.2) is 41.4 Å². The first kappa shape index (κ1) is 10.0.